The van der Waals surface area contributed by atoms with Gasteiger partial charge in [-0.2, -0.15) is 0 Å². The second kappa shape index (κ2) is 5.53. The number of amides is 3. The largest absolute Gasteiger partial charge is 0.335 e. The van der Waals surface area contributed by atoms with Gasteiger partial charge >= 0.3 is 6.03 Å². The molecule has 0 aromatic heterocycles. The predicted octanol–water partition coefficient (Wildman–Crippen LogP) is 2.64. The van der Waals surface area contributed by atoms with E-state index < -0.39 is 0 Å². The normalized spacial score (nSPS) is 18.3. The van der Waals surface area contributed by atoms with E-state index in [0.29, 0.717) is 12.5 Å². The van der Waals surface area contributed by atoms with Crippen LogP contribution in [0.1, 0.15) is 37.7 Å². The topological polar surface area (TPSA) is 70.2 Å². The van der Waals surface area contributed by atoms with E-state index in [1.807, 2.05) is 18.2 Å². The molecular formula is C15H19N3O2. The molecule has 1 heterocycles. The molecule has 1 saturated carbocycles. The first kappa shape index (κ1) is 13.0. The molecule has 5 heteroatoms. The Morgan fingerprint density at radius 2 is 2.00 bits per heavy atom. The Hall–Kier alpha value is -2.04. The van der Waals surface area contributed by atoms with Gasteiger partial charge in [0.1, 0.15) is 0 Å². The van der Waals surface area contributed by atoms with Crippen LogP contribution in [0.4, 0.5) is 16.2 Å². The van der Waals surface area contributed by atoms with Crippen molar-refractivity contribution in [1.82, 2.24) is 5.32 Å². The van der Waals surface area contributed by atoms with Crippen LogP contribution in [0, 0.1) is 0 Å². The van der Waals surface area contributed by atoms with Crippen LogP contribution in [0.5, 0.6) is 0 Å². The fraction of sp³-hybridized carbons (Fsp3) is 0.467. The Kier molecular flexibility index (Phi) is 3.58. The van der Waals surface area contributed by atoms with Crippen LogP contribution in [0.3, 0.4) is 0 Å². The fourth-order valence-corrected chi connectivity index (χ4v) is 2.91. The van der Waals surface area contributed by atoms with Gasteiger partial charge in [0.05, 0.1) is 6.42 Å². The van der Waals surface area contributed by atoms with E-state index in [-0.39, 0.29) is 11.9 Å². The van der Waals surface area contributed by atoms with Crippen LogP contribution in [0.25, 0.3) is 0 Å². The first-order valence-corrected chi connectivity index (χ1v) is 7.21. The van der Waals surface area contributed by atoms with Crippen LogP contribution in [0.15, 0.2) is 18.2 Å². The number of hydrogen-bond acceptors (Lipinski definition) is 2. The molecule has 5 nitrogen and oxygen atoms in total. The third kappa shape index (κ3) is 2.92. The smallest absolute Gasteiger partial charge is 0.319 e. The molecule has 0 unspecified atom stereocenters. The van der Waals surface area contributed by atoms with Crippen molar-refractivity contribution >= 4 is 23.3 Å². The highest BCUT2D eigenvalue weighted by molar-refractivity contribution is 6.00. The van der Waals surface area contributed by atoms with Gasteiger partial charge in [0, 0.05) is 17.4 Å². The van der Waals surface area contributed by atoms with Crippen molar-refractivity contribution in [2.45, 2.75) is 44.6 Å². The van der Waals surface area contributed by atoms with Gasteiger partial charge in [-0.3, -0.25) is 4.79 Å². The van der Waals surface area contributed by atoms with E-state index >= 15 is 0 Å². The van der Waals surface area contributed by atoms with Crippen molar-refractivity contribution < 1.29 is 9.59 Å². The van der Waals surface area contributed by atoms with E-state index in [9.17, 15) is 9.59 Å². The predicted molar refractivity (Wildman–Crippen MR) is 77.8 cm³/mol. The molecule has 3 amide bonds. The van der Waals surface area contributed by atoms with Gasteiger partial charge < -0.3 is 16.0 Å². The number of carbonyl (C=O) groups is 2. The highest BCUT2D eigenvalue weighted by Gasteiger charge is 2.19. The minimum Gasteiger partial charge on any atom is -0.335 e. The number of anilines is 2. The summed E-state index contributed by atoms with van der Waals surface area (Å²) in [5.41, 5.74) is 2.51. The number of hydrogen-bond donors (Lipinski definition) is 3. The molecule has 0 radical (unpaired) electrons. The molecule has 0 atom stereocenters. The van der Waals surface area contributed by atoms with Crippen molar-refractivity contribution in [1.29, 1.82) is 0 Å². The molecule has 1 aliphatic heterocycles. The van der Waals surface area contributed by atoms with E-state index in [0.717, 1.165) is 29.8 Å². The van der Waals surface area contributed by atoms with Crippen LogP contribution < -0.4 is 16.0 Å². The highest BCUT2D eigenvalue weighted by atomic mass is 16.2. The minimum atomic E-state index is -0.158. The van der Waals surface area contributed by atoms with Crippen LogP contribution in [-0.2, 0) is 11.2 Å². The number of fused-ring (bicyclic) bond motifs is 1. The average molecular weight is 273 g/mol. The van der Waals surface area contributed by atoms with E-state index in [2.05, 4.69) is 16.0 Å². The number of urea groups is 1. The molecule has 1 aliphatic carbocycles. The number of benzene rings is 1. The van der Waals surface area contributed by atoms with Crippen molar-refractivity contribution in [3.63, 3.8) is 0 Å². The average Bonchev–Trinajstić information content (AvgIpc) is 2.79. The lowest BCUT2D eigenvalue weighted by Crippen LogP contribution is -2.39. The quantitative estimate of drug-likeness (QED) is 0.775. The third-order valence-corrected chi connectivity index (χ3v) is 3.93. The Morgan fingerprint density at radius 3 is 2.80 bits per heavy atom. The van der Waals surface area contributed by atoms with Crippen LogP contribution in [0.2, 0.25) is 0 Å². The molecule has 20 heavy (non-hydrogen) atoms. The van der Waals surface area contributed by atoms with Crippen molar-refractivity contribution in [3.8, 4) is 0 Å². The molecule has 0 bridgehead atoms. The molecule has 3 rings (SSSR count). The second-order valence-corrected chi connectivity index (χ2v) is 5.53. The summed E-state index contributed by atoms with van der Waals surface area (Å²) >= 11 is 0. The Bertz CT molecular complexity index is 536. The molecule has 0 saturated heterocycles. The summed E-state index contributed by atoms with van der Waals surface area (Å²) in [7, 11) is 0. The summed E-state index contributed by atoms with van der Waals surface area (Å²) in [6, 6.07) is 5.63. The summed E-state index contributed by atoms with van der Waals surface area (Å²) in [6.07, 6.45) is 6.17. The lowest BCUT2D eigenvalue weighted by Gasteiger charge is -2.22. The first-order chi connectivity index (χ1) is 9.70. The molecule has 106 valence electrons. The molecule has 2 aliphatic rings. The van der Waals surface area contributed by atoms with Gasteiger partial charge in [-0.1, -0.05) is 19.3 Å². The van der Waals surface area contributed by atoms with E-state index in [1.165, 1.54) is 19.3 Å². The van der Waals surface area contributed by atoms with Crippen molar-refractivity contribution in [2.24, 2.45) is 0 Å². The molecule has 1 aromatic carbocycles. The molecular weight excluding hydrogens is 254 g/mol. The maximum atomic E-state index is 11.9. The Labute approximate surface area is 118 Å². The van der Waals surface area contributed by atoms with Gasteiger partial charge in [-0.25, -0.2) is 4.79 Å². The first-order valence-electron chi connectivity index (χ1n) is 7.21. The van der Waals surface area contributed by atoms with E-state index in [1.54, 1.807) is 0 Å². The van der Waals surface area contributed by atoms with Crippen molar-refractivity contribution in [2.75, 3.05) is 10.6 Å². The Morgan fingerprint density at radius 1 is 1.20 bits per heavy atom. The maximum Gasteiger partial charge on any atom is 0.319 e. The van der Waals surface area contributed by atoms with Crippen molar-refractivity contribution in [3.05, 3.63) is 23.8 Å². The monoisotopic (exact) mass is 273 g/mol. The summed E-state index contributed by atoms with van der Waals surface area (Å²) < 4.78 is 0. The minimum absolute atomic E-state index is 0.00353. The van der Waals surface area contributed by atoms with Gasteiger partial charge in [0.15, 0.2) is 0 Å². The van der Waals surface area contributed by atoms with Crippen LogP contribution in [-0.4, -0.2) is 18.0 Å². The number of nitrogens with one attached hydrogen (secondary N) is 3. The zero-order valence-corrected chi connectivity index (χ0v) is 11.4. The molecule has 3 N–H and O–H groups in total. The Balaban J connectivity index is 1.59. The lowest BCUT2D eigenvalue weighted by molar-refractivity contribution is -0.115. The summed E-state index contributed by atoms with van der Waals surface area (Å²) in [4.78, 5) is 23.2. The number of carbonyl (C=O) groups excluding carboxylic acids is 2. The zero-order chi connectivity index (χ0) is 13.9. The standard InChI is InChI=1S/C15H19N3O2/c19-14-9-10-8-12(6-7-13(10)18-14)17-15(20)16-11-4-2-1-3-5-11/h6-8,11H,1-5,9H2,(H,18,19)(H2,16,17,20). The maximum absolute atomic E-state index is 11.9. The fourth-order valence-electron chi connectivity index (χ4n) is 2.91. The molecule has 0 spiro atoms. The summed E-state index contributed by atoms with van der Waals surface area (Å²) in [5, 5.41) is 8.63. The van der Waals surface area contributed by atoms with E-state index in [4.69, 9.17) is 0 Å². The highest BCUT2D eigenvalue weighted by Crippen LogP contribution is 2.26. The lowest BCUT2D eigenvalue weighted by atomic mass is 9.96. The second-order valence-electron chi connectivity index (χ2n) is 5.53. The molecule has 1 fully saturated rings. The molecule has 1 aromatic rings. The summed E-state index contributed by atoms with van der Waals surface area (Å²) in [5.74, 6) is 0.00353. The summed E-state index contributed by atoms with van der Waals surface area (Å²) in [6.45, 7) is 0. The van der Waals surface area contributed by atoms with Gasteiger partial charge in [-0.15, -0.1) is 0 Å². The van der Waals surface area contributed by atoms with Gasteiger partial charge in [0.25, 0.3) is 0 Å². The van der Waals surface area contributed by atoms with Gasteiger partial charge in [-0.05, 0) is 36.6 Å². The third-order valence-electron chi connectivity index (χ3n) is 3.93. The number of rotatable bonds is 2. The SMILES string of the molecule is O=C1Cc2cc(NC(=O)NC3CCCCC3)ccc2N1. The zero-order valence-electron chi connectivity index (χ0n) is 11.4. The van der Waals surface area contributed by atoms with Crippen LogP contribution >= 0.6 is 0 Å². The van der Waals surface area contributed by atoms with Gasteiger partial charge in [0.2, 0.25) is 5.91 Å².